The van der Waals surface area contributed by atoms with E-state index in [0.717, 1.165) is 38.5 Å². The molecule has 0 spiro atoms. The van der Waals surface area contributed by atoms with E-state index in [1.807, 2.05) is 18.2 Å². The van der Waals surface area contributed by atoms with Crippen molar-refractivity contribution in [3.05, 3.63) is 36.8 Å². The minimum absolute atomic E-state index is 0.112. The van der Waals surface area contributed by atoms with Gasteiger partial charge < -0.3 is 9.47 Å². The second kappa shape index (κ2) is 17.5. The number of hydrogen-bond acceptors (Lipinski definition) is 3. The molecule has 0 aromatic heterocycles. The SMILES string of the molecule is CCCCC/C=C/C=C/O/C=C/CCCCCCC(=O)OC. The molecule has 0 heterocycles. The van der Waals surface area contributed by atoms with Crippen LogP contribution in [0.15, 0.2) is 36.8 Å². The molecule has 0 aliphatic rings. The Labute approximate surface area is 136 Å². The number of rotatable bonds is 14. The fraction of sp³-hybridized carbons (Fsp3) is 0.632. The van der Waals surface area contributed by atoms with Gasteiger partial charge in [0, 0.05) is 6.42 Å². The smallest absolute Gasteiger partial charge is 0.305 e. The van der Waals surface area contributed by atoms with E-state index in [9.17, 15) is 4.79 Å². The summed E-state index contributed by atoms with van der Waals surface area (Å²) in [5, 5.41) is 0. The molecule has 0 atom stereocenters. The fourth-order valence-corrected chi connectivity index (χ4v) is 1.93. The molecule has 0 aliphatic heterocycles. The predicted molar refractivity (Wildman–Crippen MR) is 92.4 cm³/mol. The summed E-state index contributed by atoms with van der Waals surface area (Å²) in [5.74, 6) is -0.112. The summed E-state index contributed by atoms with van der Waals surface area (Å²) in [6.45, 7) is 2.21. The first-order valence-electron chi connectivity index (χ1n) is 8.50. The number of ether oxygens (including phenoxy) is 2. The van der Waals surface area contributed by atoms with Crippen LogP contribution in [0.2, 0.25) is 0 Å². The molecule has 0 saturated heterocycles. The van der Waals surface area contributed by atoms with E-state index in [1.165, 1.54) is 26.4 Å². The van der Waals surface area contributed by atoms with E-state index >= 15 is 0 Å². The zero-order chi connectivity index (χ0) is 16.3. The lowest BCUT2D eigenvalue weighted by atomic mass is 10.1. The van der Waals surface area contributed by atoms with Gasteiger partial charge in [-0.15, -0.1) is 0 Å². The van der Waals surface area contributed by atoms with E-state index in [2.05, 4.69) is 17.7 Å². The Kier molecular flexibility index (Phi) is 16.3. The Hall–Kier alpha value is -1.51. The van der Waals surface area contributed by atoms with E-state index in [0.29, 0.717) is 6.42 Å². The van der Waals surface area contributed by atoms with Gasteiger partial charge in [-0.3, -0.25) is 4.79 Å². The van der Waals surface area contributed by atoms with Gasteiger partial charge in [0.1, 0.15) is 0 Å². The highest BCUT2D eigenvalue weighted by molar-refractivity contribution is 5.68. The molecular weight excluding hydrogens is 276 g/mol. The molecule has 0 fully saturated rings. The van der Waals surface area contributed by atoms with Crippen LogP contribution in [0.25, 0.3) is 0 Å². The Balaban J connectivity index is 3.31. The molecule has 22 heavy (non-hydrogen) atoms. The summed E-state index contributed by atoms with van der Waals surface area (Å²) in [4.78, 5) is 10.9. The van der Waals surface area contributed by atoms with Crippen LogP contribution in [-0.2, 0) is 14.3 Å². The molecule has 126 valence electrons. The van der Waals surface area contributed by atoms with Crippen molar-refractivity contribution in [3.8, 4) is 0 Å². The molecule has 0 saturated carbocycles. The third-order valence-electron chi connectivity index (χ3n) is 3.28. The molecule has 0 radical (unpaired) electrons. The third kappa shape index (κ3) is 16.5. The lowest BCUT2D eigenvalue weighted by molar-refractivity contribution is -0.140. The minimum atomic E-state index is -0.112. The highest BCUT2D eigenvalue weighted by Gasteiger charge is 1.98. The average Bonchev–Trinajstić information content (AvgIpc) is 2.54. The van der Waals surface area contributed by atoms with Gasteiger partial charge in [0.05, 0.1) is 19.6 Å². The van der Waals surface area contributed by atoms with Crippen molar-refractivity contribution in [2.75, 3.05) is 7.11 Å². The van der Waals surface area contributed by atoms with Gasteiger partial charge in [-0.2, -0.15) is 0 Å². The second-order valence-corrected chi connectivity index (χ2v) is 5.29. The maximum Gasteiger partial charge on any atom is 0.305 e. The van der Waals surface area contributed by atoms with Gasteiger partial charge in [-0.05, 0) is 44.3 Å². The van der Waals surface area contributed by atoms with Gasteiger partial charge in [-0.1, -0.05) is 44.8 Å². The normalized spacial score (nSPS) is 11.7. The van der Waals surface area contributed by atoms with E-state index < -0.39 is 0 Å². The van der Waals surface area contributed by atoms with Gasteiger partial charge >= 0.3 is 5.97 Å². The van der Waals surface area contributed by atoms with E-state index in [-0.39, 0.29) is 5.97 Å². The molecule has 0 amide bonds. The van der Waals surface area contributed by atoms with Crippen molar-refractivity contribution in [3.63, 3.8) is 0 Å². The van der Waals surface area contributed by atoms with Crippen molar-refractivity contribution < 1.29 is 14.3 Å². The van der Waals surface area contributed by atoms with Crippen LogP contribution >= 0.6 is 0 Å². The largest absolute Gasteiger partial charge is 0.473 e. The number of methoxy groups -OCH3 is 1. The summed E-state index contributed by atoms with van der Waals surface area (Å²) in [6.07, 6.45) is 22.4. The number of hydrogen-bond donors (Lipinski definition) is 0. The number of carbonyl (C=O) groups excluding carboxylic acids is 1. The van der Waals surface area contributed by atoms with Gasteiger partial charge in [0.2, 0.25) is 0 Å². The summed E-state index contributed by atoms with van der Waals surface area (Å²) >= 11 is 0. The standard InChI is InChI=1S/C19H32O3/c1-3-4-5-6-8-11-14-17-22-18-15-12-9-7-10-13-16-19(20)21-2/h8,11,14-15,17-18H,3-7,9-10,12-13,16H2,1-2H3/b11-8+,17-14+,18-15+. The van der Waals surface area contributed by atoms with Crippen LogP contribution < -0.4 is 0 Å². The fourth-order valence-electron chi connectivity index (χ4n) is 1.93. The Morgan fingerprint density at radius 3 is 2.36 bits per heavy atom. The Morgan fingerprint density at radius 1 is 0.864 bits per heavy atom. The molecule has 0 aliphatic carbocycles. The first-order chi connectivity index (χ1) is 10.8. The maximum absolute atomic E-state index is 10.9. The van der Waals surface area contributed by atoms with Crippen LogP contribution in [-0.4, -0.2) is 13.1 Å². The number of carbonyl (C=O) groups is 1. The average molecular weight is 308 g/mol. The van der Waals surface area contributed by atoms with E-state index in [1.54, 1.807) is 12.5 Å². The van der Waals surface area contributed by atoms with E-state index in [4.69, 9.17) is 4.74 Å². The zero-order valence-corrected chi connectivity index (χ0v) is 14.3. The molecular formula is C19H32O3. The molecule has 3 nitrogen and oxygen atoms in total. The lowest BCUT2D eigenvalue weighted by Gasteiger charge is -1.99. The minimum Gasteiger partial charge on any atom is -0.473 e. The molecule has 0 aromatic carbocycles. The predicted octanol–water partition coefficient (Wildman–Crippen LogP) is 5.68. The monoisotopic (exact) mass is 308 g/mol. The van der Waals surface area contributed by atoms with Crippen molar-refractivity contribution in [1.29, 1.82) is 0 Å². The summed E-state index contributed by atoms with van der Waals surface area (Å²) in [5.41, 5.74) is 0. The first-order valence-corrected chi connectivity index (χ1v) is 8.50. The van der Waals surface area contributed by atoms with Gasteiger partial charge in [-0.25, -0.2) is 0 Å². The molecule has 0 N–H and O–H groups in total. The summed E-state index contributed by atoms with van der Waals surface area (Å²) in [7, 11) is 1.43. The second-order valence-electron chi connectivity index (χ2n) is 5.29. The Morgan fingerprint density at radius 2 is 1.59 bits per heavy atom. The van der Waals surface area contributed by atoms with Gasteiger partial charge in [0.25, 0.3) is 0 Å². The van der Waals surface area contributed by atoms with Gasteiger partial charge in [0.15, 0.2) is 0 Å². The quantitative estimate of drug-likeness (QED) is 0.179. The topological polar surface area (TPSA) is 35.5 Å². The maximum atomic E-state index is 10.9. The van der Waals surface area contributed by atoms with Crippen LogP contribution in [0.4, 0.5) is 0 Å². The molecule has 0 aromatic rings. The summed E-state index contributed by atoms with van der Waals surface area (Å²) < 4.78 is 9.86. The van der Waals surface area contributed by atoms with Crippen molar-refractivity contribution in [2.45, 2.75) is 71.1 Å². The number of unbranched alkanes of at least 4 members (excludes halogenated alkanes) is 7. The van der Waals surface area contributed by atoms with Crippen molar-refractivity contribution in [2.24, 2.45) is 0 Å². The highest BCUT2D eigenvalue weighted by atomic mass is 16.5. The molecule has 0 unspecified atom stereocenters. The third-order valence-corrected chi connectivity index (χ3v) is 3.28. The Bertz CT molecular complexity index is 330. The van der Waals surface area contributed by atoms with Crippen molar-refractivity contribution >= 4 is 5.97 Å². The highest BCUT2D eigenvalue weighted by Crippen LogP contribution is 2.06. The van der Waals surface area contributed by atoms with Crippen LogP contribution in [0.1, 0.15) is 71.1 Å². The molecule has 0 bridgehead atoms. The van der Waals surface area contributed by atoms with Crippen molar-refractivity contribution in [1.82, 2.24) is 0 Å². The lowest BCUT2D eigenvalue weighted by Crippen LogP contribution is -1.98. The zero-order valence-electron chi connectivity index (χ0n) is 14.3. The van der Waals surface area contributed by atoms with Crippen LogP contribution in [0, 0.1) is 0 Å². The molecule has 3 heteroatoms. The summed E-state index contributed by atoms with van der Waals surface area (Å²) in [6, 6.07) is 0. The number of allylic oxidation sites excluding steroid dienone is 4. The number of esters is 1. The first kappa shape index (κ1) is 20.5. The van der Waals surface area contributed by atoms with Crippen LogP contribution in [0.3, 0.4) is 0 Å². The molecule has 0 rings (SSSR count). The van der Waals surface area contributed by atoms with Crippen LogP contribution in [0.5, 0.6) is 0 Å².